The first-order valence-electron chi connectivity index (χ1n) is 16.1. The van der Waals surface area contributed by atoms with E-state index in [9.17, 15) is 19.2 Å². The number of esters is 3. The van der Waals surface area contributed by atoms with Crippen molar-refractivity contribution in [2.24, 2.45) is 52.3 Å². The highest BCUT2D eigenvalue weighted by Crippen LogP contribution is 2.71. The third-order valence-corrected chi connectivity index (χ3v) is 12.6. The first-order valence-corrected chi connectivity index (χ1v) is 16.1. The highest BCUT2D eigenvalue weighted by atomic mass is 16.7. The van der Waals surface area contributed by atoms with Crippen molar-refractivity contribution in [2.45, 2.75) is 124 Å². The molecule has 2 heterocycles. The van der Waals surface area contributed by atoms with Crippen molar-refractivity contribution in [2.75, 3.05) is 6.61 Å². The summed E-state index contributed by atoms with van der Waals surface area (Å²) >= 11 is 0. The maximum atomic E-state index is 13.3. The third kappa shape index (κ3) is 4.46. The van der Waals surface area contributed by atoms with E-state index in [0.29, 0.717) is 37.7 Å². The van der Waals surface area contributed by atoms with Gasteiger partial charge >= 0.3 is 17.9 Å². The van der Waals surface area contributed by atoms with E-state index in [4.69, 9.17) is 23.7 Å². The molecule has 0 aromatic rings. The monoisotopic (exact) mass is 588 g/mol. The fourth-order valence-electron chi connectivity index (χ4n) is 11.2. The standard InChI is InChI=1S/C33H48O9/c1-16-10-29(37)33(38-15-16)17(2)30-27(42-33)12-23-21-11-25(39-18(3)34)24-13-26(40-19(4)35)28(41-20(5)36)14-32(24,7)22(21)8-9-31(23,30)6/h16-17,21-28,30H,8-15H2,1-7H3/t16-,17+,21-,22+,23+,24-,25-,26+,27+,28-,30+,31+,32-,33+/m1/s1. The Morgan fingerprint density at radius 2 is 1.45 bits per heavy atom. The Labute approximate surface area is 249 Å². The largest absolute Gasteiger partial charge is 0.462 e. The first-order chi connectivity index (χ1) is 19.7. The molecule has 6 aliphatic rings. The summed E-state index contributed by atoms with van der Waals surface area (Å²) < 4.78 is 30.5. The van der Waals surface area contributed by atoms with Crippen LogP contribution < -0.4 is 0 Å². The van der Waals surface area contributed by atoms with Crippen molar-refractivity contribution in [3.63, 3.8) is 0 Å². The average molecular weight is 589 g/mol. The van der Waals surface area contributed by atoms with E-state index in [1.165, 1.54) is 20.8 Å². The van der Waals surface area contributed by atoms with Crippen LogP contribution in [0, 0.1) is 52.3 Å². The van der Waals surface area contributed by atoms with Gasteiger partial charge in [0.1, 0.15) is 18.3 Å². The van der Waals surface area contributed by atoms with Crippen LogP contribution in [-0.4, -0.2) is 60.5 Å². The molecule has 0 unspecified atom stereocenters. The zero-order valence-corrected chi connectivity index (χ0v) is 26.2. The molecule has 6 fully saturated rings. The number of carbonyl (C=O) groups excluding carboxylic acids is 4. The summed E-state index contributed by atoms with van der Waals surface area (Å²) in [6, 6.07) is 0. The first kappa shape index (κ1) is 30.0. The summed E-state index contributed by atoms with van der Waals surface area (Å²) in [4.78, 5) is 49.9. The van der Waals surface area contributed by atoms with Crippen LogP contribution in [0.15, 0.2) is 0 Å². The second kappa shape index (κ2) is 10.3. The zero-order chi connectivity index (χ0) is 30.4. The molecular weight excluding hydrogens is 540 g/mol. The highest BCUT2D eigenvalue weighted by Gasteiger charge is 2.72. The molecule has 2 aliphatic heterocycles. The van der Waals surface area contributed by atoms with Crippen molar-refractivity contribution < 1.29 is 42.9 Å². The second-order valence-corrected chi connectivity index (χ2v) is 15.1. The predicted octanol–water partition coefficient (Wildman–Crippen LogP) is 4.63. The van der Waals surface area contributed by atoms with Crippen molar-refractivity contribution in [3.8, 4) is 0 Å². The van der Waals surface area contributed by atoms with Crippen LogP contribution in [0.25, 0.3) is 0 Å². The Kier molecular flexibility index (Phi) is 7.36. The molecule has 2 saturated heterocycles. The van der Waals surface area contributed by atoms with Crippen LogP contribution in [0.2, 0.25) is 0 Å². The number of ether oxygens (including phenoxy) is 5. The van der Waals surface area contributed by atoms with E-state index in [1.54, 1.807) is 0 Å². The van der Waals surface area contributed by atoms with E-state index >= 15 is 0 Å². The zero-order valence-electron chi connectivity index (χ0n) is 26.2. The van der Waals surface area contributed by atoms with Gasteiger partial charge in [-0.3, -0.25) is 19.2 Å². The predicted molar refractivity (Wildman–Crippen MR) is 150 cm³/mol. The van der Waals surface area contributed by atoms with Crippen LogP contribution in [0.1, 0.15) is 93.4 Å². The van der Waals surface area contributed by atoms with Gasteiger partial charge in [0.05, 0.1) is 12.7 Å². The normalized spacial score (nSPS) is 51.1. The molecule has 0 bridgehead atoms. The average Bonchev–Trinajstić information content (AvgIpc) is 3.33. The molecule has 9 nitrogen and oxygen atoms in total. The summed E-state index contributed by atoms with van der Waals surface area (Å²) in [7, 11) is 0. The lowest BCUT2D eigenvalue weighted by molar-refractivity contribution is -0.253. The molecule has 4 aliphatic carbocycles. The molecule has 42 heavy (non-hydrogen) atoms. The SMILES string of the molecule is CC(=O)O[C@H]1C[C@@H]2[C@H](OC(C)=O)C[C@@H]3[C@H](CC[C@]4(C)[C@@H]5[C@H](C[C@@H]34)O[C@@]3(OC[C@H](C)CC3=O)[C@H]5C)[C@@]2(C)C[C@H]1OC(C)=O. The summed E-state index contributed by atoms with van der Waals surface area (Å²) in [5.74, 6) is -0.806. The van der Waals surface area contributed by atoms with E-state index in [2.05, 4.69) is 20.8 Å². The molecule has 234 valence electrons. The van der Waals surface area contributed by atoms with Gasteiger partial charge < -0.3 is 23.7 Å². The maximum absolute atomic E-state index is 13.3. The van der Waals surface area contributed by atoms with E-state index in [1.807, 2.05) is 6.92 Å². The maximum Gasteiger partial charge on any atom is 0.303 e. The summed E-state index contributed by atoms with van der Waals surface area (Å²) in [5.41, 5.74) is -0.305. The van der Waals surface area contributed by atoms with Gasteiger partial charge in [0.15, 0.2) is 5.78 Å². The molecule has 1 spiro atoms. The topological polar surface area (TPSA) is 114 Å². The fourth-order valence-corrected chi connectivity index (χ4v) is 11.2. The van der Waals surface area contributed by atoms with Gasteiger partial charge in [-0.05, 0) is 78.9 Å². The molecule has 0 amide bonds. The number of hydrogen-bond donors (Lipinski definition) is 0. The Morgan fingerprint density at radius 1 is 0.810 bits per heavy atom. The summed E-state index contributed by atoms with van der Waals surface area (Å²) in [6.45, 7) is 13.6. The second-order valence-electron chi connectivity index (χ2n) is 15.1. The van der Waals surface area contributed by atoms with Gasteiger partial charge in [-0.25, -0.2) is 0 Å². The Balaban J connectivity index is 1.32. The van der Waals surface area contributed by atoms with E-state index in [0.717, 1.165) is 25.7 Å². The smallest absolute Gasteiger partial charge is 0.303 e. The van der Waals surface area contributed by atoms with Crippen LogP contribution in [-0.2, 0) is 42.9 Å². The molecule has 6 rings (SSSR count). The lowest BCUT2D eigenvalue weighted by atomic mass is 9.43. The fraction of sp³-hybridized carbons (Fsp3) is 0.879. The summed E-state index contributed by atoms with van der Waals surface area (Å²) in [6.07, 6.45) is 3.69. The van der Waals surface area contributed by atoms with Crippen LogP contribution in [0.3, 0.4) is 0 Å². The number of fused-ring (bicyclic) bond motifs is 7. The molecular formula is C33H48O9. The quantitative estimate of drug-likeness (QED) is 0.344. The molecule has 14 atom stereocenters. The van der Waals surface area contributed by atoms with Crippen molar-refractivity contribution in [1.82, 2.24) is 0 Å². The molecule has 4 saturated carbocycles. The van der Waals surface area contributed by atoms with Crippen molar-refractivity contribution in [3.05, 3.63) is 0 Å². The van der Waals surface area contributed by atoms with Crippen molar-refractivity contribution >= 4 is 23.7 Å². The van der Waals surface area contributed by atoms with Gasteiger partial charge in [0.2, 0.25) is 5.79 Å². The van der Waals surface area contributed by atoms with Gasteiger partial charge in [0.25, 0.3) is 0 Å². The van der Waals surface area contributed by atoms with Gasteiger partial charge in [0, 0.05) is 39.0 Å². The van der Waals surface area contributed by atoms with E-state index in [-0.39, 0.29) is 64.4 Å². The third-order valence-electron chi connectivity index (χ3n) is 12.6. The van der Waals surface area contributed by atoms with Gasteiger partial charge in [-0.1, -0.05) is 27.7 Å². The molecule has 0 aromatic carbocycles. The lowest BCUT2D eigenvalue weighted by Gasteiger charge is -2.63. The Hall–Kier alpha value is -2.00. The summed E-state index contributed by atoms with van der Waals surface area (Å²) in [5, 5.41) is 0. The van der Waals surface area contributed by atoms with E-state index < -0.39 is 29.9 Å². The Morgan fingerprint density at radius 3 is 2.10 bits per heavy atom. The van der Waals surface area contributed by atoms with Crippen LogP contribution >= 0.6 is 0 Å². The van der Waals surface area contributed by atoms with Crippen LogP contribution in [0.5, 0.6) is 0 Å². The van der Waals surface area contributed by atoms with Gasteiger partial charge in [-0.15, -0.1) is 0 Å². The highest BCUT2D eigenvalue weighted by molar-refractivity contribution is 5.87. The molecule has 9 heteroatoms. The molecule has 0 aromatic heterocycles. The Bertz CT molecular complexity index is 1150. The number of rotatable bonds is 3. The van der Waals surface area contributed by atoms with Gasteiger partial charge in [-0.2, -0.15) is 0 Å². The number of carbonyl (C=O) groups is 4. The minimum absolute atomic E-state index is 0.0160. The minimum atomic E-state index is -1.12. The number of ketones is 1. The number of hydrogen-bond acceptors (Lipinski definition) is 9. The lowest BCUT2D eigenvalue weighted by Crippen LogP contribution is -2.62. The molecule has 0 radical (unpaired) electrons. The number of Topliss-reactive ketones (excluding diaryl/α,β-unsaturated/α-hetero) is 1. The van der Waals surface area contributed by atoms with Crippen LogP contribution in [0.4, 0.5) is 0 Å². The van der Waals surface area contributed by atoms with Crippen molar-refractivity contribution in [1.29, 1.82) is 0 Å². The molecule has 0 N–H and O–H groups in total. The minimum Gasteiger partial charge on any atom is -0.462 e.